The number of nitrogens with zero attached hydrogens (tertiary/aromatic N) is 6. The van der Waals surface area contributed by atoms with E-state index in [1.54, 1.807) is 14.2 Å². The van der Waals surface area contributed by atoms with Gasteiger partial charge < -0.3 is 14.4 Å². The third-order valence-corrected chi connectivity index (χ3v) is 6.21. The van der Waals surface area contributed by atoms with Crippen molar-refractivity contribution >= 4 is 24.0 Å². The summed E-state index contributed by atoms with van der Waals surface area (Å²) < 4.78 is 12.7. The Bertz CT molecular complexity index is 1020. The van der Waals surface area contributed by atoms with E-state index in [-0.39, 0.29) is 18.4 Å². The number of aryl methyl sites for hydroxylation is 2. The third kappa shape index (κ3) is 5.95. The summed E-state index contributed by atoms with van der Waals surface area (Å²) in [5.74, 6) is 2.29. The van der Waals surface area contributed by atoms with E-state index in [1.807, 2.05) is 35.0 Å². The second-order valence-electron chi connectivity index (χ2n) is 7.99. The molecule has 0 radical (unpaired) electrons. The van der Waals surface area contributed by atoms with Crippen LogP contribution in [0.15, 0.2) is 42.5 Å². The number of hydrogen-bond donors (Lipinski definition) is 0. The molecule has 33 heavy (non-hydrogen) atoms. The summed E-state index contributed by atoms with van der Waals surface area (Å²) >= 11 is 6.16. The summed E-state index contributed by atoms with van der Waals surface area (Å²) in [5, 5.41) is 13.5. The van der Waals surface area contributed by atoms with Crippen LogP contribution in [0, 0.1) is 0 Å². The van der Waals surface area contributed by atoms with Crippen LogP contribution in [0.5, 0.6) is 11.5 Å². The molecule has 0 amide bonds. The zero-order valence-corrected chi connectivity index (χ0v) is 20.7. The SMILES string of the molecule is COc1ccc(CCn2nnnc2C(c2ccc(Cl)cc2)N2CCN(C)CC2)cc1OC.Cl. The Labute approximate surface area is 205 Å². The molecule has 2 heterocycles. The molecule has 0 aliphatic carbocycles. The molecule has 1 fully saturated rings. The number of rotatable bonds is 8. The van der Waals surface area contributed by atoms with Gasteiger partial charge in [-0.15, -0.1) is 17.5 Å². The van der Waals surface area contributed by atoms with Crippen LogP contribution < -0.4 is 9.47 Å². The van der Waals surface area contributed by atoms with E-state index in [0.717, 1.165) is 66.1 Å². The number of aromatic nitrogens is 4. The summed E-state index contributed by atoms with van der Waals surface area (Å²) in [5.41, 5.74) is 2.27. The number of halogens is 2. The third-order valence-electron chi connectivity index (χ3n) is 5.95. The van der Waals surface area contributed by atoms with Crippen LogP contribution in [0.2, 0.25) is 5.02 Å². The van der Waals surface area contributed by atoms with E-state index >= 15 is 0 Å². The maximum absolute atomic E-state index is 6.16. The maximum atomic E-state index is 6.16. The second kappa shape index (κ2) is 11.7. The van der Waals surface area contributed by atoms with Crippen LogP contribution >= 0.6 is 24.0 Å². The van der Waals surface area contributed by atoms with Gasteiger partial charge in [-0.3, -0.25) is 4.90 Å². The Kier molecular flexibility index (Phi) is 8.91. The van der Waals surface area contributed by atoms with Gasteiger partial charge >= 0.3 is 0 Å². The first-order valence-electron chi connectivity index (χ1n) is 10.7. The van der Waals surface area contributed by atoms with Gasteiger partial charge in [0.1, 0.15) is 0 Å². The lowest BCUT2D eigenvalue weighted by Crippen LogP contribution is -2.46. The lowest BCUT2D eigenvalue weighted by atomic mass is 10.0. The van der Waals surface area contributed by atoms with Crippen molar-refractivity contribution in [2.45, 2.75) is 19.0 Å². The predicted molar refractivity (Wildman–Crippen MR) is 131 cm³/mol. The fourth-order valence-corrected chi connectivity index (χ4v) is 4.21. The van der Waals surface area contributed by atoms with E-state index < -0.39 is 0 Å². The number of benzene rings is 2. The van der Waals surface area contributed by atoms with Crippen molar-refractivity contribution in [2.75, 3.05) is 47.4 Å². The molecule has 0 bridgehead atoms. The van der Waals surface area contributed by atoms with E-state index in [0.29, 0.717) is 6.54 Å². The van der Waals surface area contributed by atoms with Gasteiger partial charge in [0.2, 0.25) is 0 Å². The lowest BCUT2D eigenvalue weighted by molar-refractivity contribution is 0.121. The molecule has 2 aromatic carbocycles. The number of likely N-dealkylation sites (N-methyl/N-ethyl adjacent to an activating group) is 1. The summed E-state index contributed by atoms with van der Waals surface area (Å²) in [6, 6.07) is 13.9. The fraction of sp³-hybridized carbons (Fsp3) is 0.435. The van der Waals surface area contributed by atoms with Crippen molar-refractivity contribution in [3.8, 4) is 11.5 Å². The summed E-state index contributed by atoms with van der Waals surface area (Å²) in [7, 11) is 5.44. The van der Waals surface area contributed by atoms with Gasteiger partial charge in [-0.05, 0) is 59.3 Å². The highest BCUT2D eigenvalue weighted by Gasteiger charge is 2.29. The molecule has 3 aromatic rings. The molecule has 1 aromatic heterocycles. The highest BCUT2D eigenvalue weighted by Crippen LogP contribution is 2.30. The largest absolute Gasteiger partial charge is 0.493 e. The van der Waals surface area contributed by atoms with E-state index in [1.165, 1.54) is 0 Å². The van der Waals surface area contributed by atoms with Gasteiger partial charge in [0, 0.05) is 37.7 Å². The highest BCUT2D eigenvalue weighted by atomic mass is 35.5. The Morgan fingerprint density at radius 1 is 0.970 bits per heavy atom. The second-order valence-corrected chi connectivity index (χ2v) is 8.43. The number of tetrazole rings is 1. The normalized spacial score (nSPS) is 15.6. The number of piperazine rings is 1. The minimum Gasteiger partial charge on any atom is -0.493 e. The molecule has 1 atom stereocenters. The average Bonchev–Trinajstić information content (AvgIpc) is 3.28. The fourth-order valence-electron chi connectivity index (χ4n) is 4.09. The van der Waals surface area contributed by atoms with E-state index in [4.69, 9.17) is 21.1 Å². The smallest absolute Gasteiger partial charge is 0.173 e. The summed E-state index contributed by atoms with van der Waals surface area (Å²) in [6.45, 7) is 4.59. The van der Waals surface area contributed by atoms with Gasteiger partial charge in [0.05, 0.1) is 20.3 Å². The Morgan fingerprint density at radius 2 is 1.67 bits per heavy atom. The molecule has 178 valence electrons. The first kappa shape index (κ1) is 25.2. The van der Waals surface area contributed by atoms with Gasteiger partial charge in [-0.25, -0.2) is 4.68 Å². The molecule has 1 saturated heterocycles. The topological polar surface area (TPSA) is 68.5 Å². The van der Waals surface area contributed by atoms with Crippen LogP contribution in [0.4, 0.5) is 0 Å². The molecular weight excluding hydrogens is 463 g/mol. The number of ether oxygens (including phenoxy) is 2. The average molecular weight is 493 g/mol. The first-order valence-corrected chi connectivity index (χ1v) is 11.1. The van der Waals surface area contributed by atoms with Gasteiger partial charge in [0.15, 0.2) is 17.3 Å². The van der Waals surface area contributed by atoms with E-state index in [2.05, 4.69) is 44.5 Å². The molecule has 4 rings (SSSR count). The van der Waals surface area contributed by atoms with Crippen LogP contribution in [0.1, 0.15) is 23.0 Å². The molecule has 0 spiro atoms. The van der Waals surface area contributed by atoms with Crippen molar-refractivity contribution in [2.24, 2.45) is 0 Å². The monoisotopic (exact) mass is 492 g/mol. The Balaban J connectivity index is 0.00000306. The summed E-state index contributed by atoms with van der Waals surface area (Å²) in [4.78, 5) is 4.79. The van der Waals surface area contributed by atoms with Crippen LogP contribution in [-0.4, -0.2) is 77.5 Å². The van der Waals surface area contributed by atoms with Crippen LogP contribution in [-0.2, 0) is 13.0 Å². The van der Waals surface area contributed by atoms with Crippen molar-refractivity contribution in [3.63, 3.8) is 0 Å². The lowest BCUT2D eigenvalue weighted by Gasteiger charge is -2.37. The summed E-state index contributed by atoms with van der Waals surface area (Å²) in [6.07, 6.45) is 0.772. The van der Waals surface area contributed by atoms with Crippen LogP contribution in [0.3, 0.4) is 0 Å². The van der Waals surface area contributed by atoms with Crippen molar-refractivity contribution in [1.82, 2.24) is 30.0 Å². The molecule has 0 N–H and O–H groups in total. The maximum Gasteiger partial charge on any atom is 0.173 e. The Hall–Kier alpha value is -2.39. The highest BCUT2D eigenvalue weighted by molar-refractivity contribution is 6.30. The minimum absolute atomic E-state index is 0. The molecule has 0 saturated carbocycles. The predicted octanol–water partition coefficient (Wildman–Crippen LogP) is 3.35. The van der Waals surface area contributed by atoms with Crippen molar-refractivity contribution < 1.29 is 9.47 Å². The standard InChI is InChI=1S/C23H29ClN6O2.ClH/c1-28-12-14-29(15-13-28)22(18-5-7-19(24)8-6-18)23-25-26-27-30(23)11-10-17-4-9-20(31-2)21(16-17)32-3;/h4-9,16,22H,10-15H2,1-3H3;1H. The molecule has 1 unspecified atom stereocenters. The number of hydrogen-bond acceptors (Lipinski definition) is 7. The zero-order chi connectivity index (χ0) is 22.5. The molecular formula is C23H30Cl2N6O2. The first-order chi connectivity index (χ1) is 15.6. The van der Waals surface area contributed by atoms with Crippen LogP contribution in [0.25, 0.3) is 0 Å². The zero-order valence-electron chi connectivity index (χ0n) is 19.1. The van der Waals surface area contributed by atoms with Gasteiger partial charge in [-0.2, -0.15) is 0 Å². The molecule has 1 aliphatic rings. The number of methoxy groups -OCH3 is 2. The van der Waals surface area contributed by atoms with E-state index in [9.17, 15) is 0 Å². The molecule has 8 nitrogen and oxygen atoms in total. The molecule has 1 aliphatic heterocycles. The quantitative estimate of drug-likeness (QED) is 0.477. The molecule has 10 heteroatoms. The van der Waals surface area contributed by atoms with Gasteiger partial charge in [0.25, 0.3) is 0 Å². The minimum atomic E-state index is -0.0265. The van der Waals surface area contributed by atoms with Gasteiger partial charge in [-0.1, -0.05) is 29.8 Å². The van der Waals surface area contributed by atoms with Crippen molar-refractivity contribution in [3.05, 3.63) is 64.4 Å². The van der Waals surface area contributed by atoms with Crippen molar-refractivity contribution in [1.29, 1.82) is 0 Å². The Morgan fingerprint density at radius 3 is 2.33 bits per heavy atom.